The Kier molecular flexibility index (Phi) is 4.66. The van der Waals surface area contributed by atoms with Crippen LogP contribution in [0.4, 0.5) is 0 Å². The minimum Gasteiger partial charge on any atom is -0.316 e. The summed E-state index contributed by atoms with van der Waals surface area (Å²) in [4.78, 5) is 2.68. The van der Waals surface area contributed by atoms with Gasteiger partial charge in [-0.05, 0) is 41.8 Å². The van der Waals surface area contributed by atoms with E-state index in [2.05, 4.69) is 48.3 Å². The molecule has 1 aliphatic carbocycles. The van der Waals surface area contributed by atoms with Gasteiger partial charge in [0.1, 0.15) is 0 Å². The van der Waals surface area contributed by atoms with Crippen molar-refractivity contribution in [3.8, 4) is 0 Å². The number of fused-ring (bicyclic) bond motifs is 1. The van der Waals surface area contributed by atoms with E-state index in [-0.39, 0.29) is 0 Å². The third-order valence-electron chi connectivity index (χ3n) is 5.40. The predicted molar refractivity (Wildman–Crippen MR) is 89.2 cm³/mol. The minimum atomic E-state index is 0.496. The molecule has 2 unspecified atom stereocenters. The standard InChI is InChI=1S/C19H30N2/c1-3-20-14-19(10-6-7-16(2)11-19)15-21-12-17-8-4-5-9-18(17)13-21/h4-5,8-9,16,20H,3,6-7,10-15H2,1-2H3. The van der Waals surface area contributed by atoms with Crippen LogP contribution >= 0.6 is 0 Å². The Hall–Kier alpha value is -0.860. The van der Waals surface area contributed by atoms with Gasteiger partial charge in [0.2, 0.25) is 0 Å². The van der Waals surface area contributed by atoms with E-state index in [0.29, 0.717) is 5.41 Å². The third-order valence-corrected chi connectivity index (χ3v) is 5.40. The summed E-state index contributed by atoms with van der Waals surface area (Å²) in [7, 11) is 0. The highest BCUT2D eigenvalue weighted by atomic mass is 15.2. The molecule has 2 atom stereocenters. The Morgan fingerprint density at radius 1 is 1.24 bits per heavy atom. The average molecular weight is 286 g/mol. The lowest BCUT2D eigenvalue weighted by Crippen LogP contribution is -2.45. The van der Waals surface area contributed by atoms with Crippen molar-refractivity contribution in [1.82, 2.24) is 10.2 Å². The Bertz CT molecular complexity index is 445. The minimum absolute atomic E-state index is 0.496. The van der Waals surface area contributed by atoms with Gasteiger partial charge < -0.3 is 5.32 Å². The summed E-state index contributed by atoms with van der Waals surface area (Å²) in [5.74, 6) is 0.891. The summed E-state index contributed by atoms with van der Waals surface area (Å²) in [6, 6.07) is 8.96. The second kappa shape index (κ2) is 6.50. The molecule has 1 N–H and O–H groups in total. The zero-order chi connectivity index (χ0) is 14.7. The van der Waals surface area contributed by atoms with Crippen LogP contribution in [0.3, 0.4) is 0 Å². The first kappa shape index (κ1) is 15.1. The largest absolute Gasteiger partial charge is 0.316 e. The molecule has 1 saturated carbocycles. The molecule has 0 saturated heterocycles. The Morgan fingerprint density at radius 2 is 1.95 bits per heavy atom. The number of nitrogens with zero attached hydrogens (tertiary/aromatic N) is 1. The quantitative estimate of drug-likeness (QED) is 0.885. The molecule has 0 bridgehead atoms. The molecule has 1 fully saturated rings. The van der Waals surface area contributed by atoms with Crippen LogP contribution in [0.5, 0.6) is 0 Å². The van der Waals surface area contributed by atoms with E-state index in [1.54, 1.807) is 11.1 Å². The summed E-state index contributed by atoms with van der Waals surface area (Å²) >= 11 is 0. The smallest absolute Gasteiger partial charge is 0.0240 e. The zero-order valence-electron chi connectivity index (χ0n) is 13.7. The van der Waals surface area contributed by atoms with Crippen LogP contribution in [0, 0.1) is 11.3 Å². The SMILES string of the molecule is CCNCC1(CN2Cc3ccccc3C2)CCCC(C)C1. The van der Waals surface area contributed by atoms with Gasteiger partial charge in [-0.1, -0.05) is 51.0 Å². The van der Waals surface area contributed by atoms with E-state index in [4.69, 9.17) is 0 Å². The van der Waals surface area contributed by atoms with Crippen LogP contribution in [0.2, 0.25) is 0 Å². The number of nitrogens with one attached hydrogen (secondary N) is 1. The highest BCUT2D eigenvalue weighted by molar-refractivity contribution is 5.30. The van der Waals surface area contributed by atoms with Crippen LogP contribution in [0.15, 0.2) is 24.3 Å². The molecule has 1 heterocycles. The molecule has 3 rings (SSSR count). The van der Waals surface area contributed by atoms with Crippen LogP contribution in [-0.2, 0) is 13.1 Å². The highest BCUT2D eigenvalue weighted by Gasteiger charge is 2.37. The van der Waals surface area contributed by atoms with Gasteiger partial charge in [0.25, 0.3) is 0 Å². The van der Waals surface area contributed by atoms with E-state index < -0.39 is 0 Å². The Labute approximate surface area is 129 Å². The molecule has 0 radical (unpaired) electrons. The lowest BCUT2D eigenvalue weighted by molar-refractivity contribution is 0.0791. The molecular formula is C19H30N2. The fraction of sp³-hybridized carbons (Fsp3) is 0.684. The summed E-state index contributed by atoms with van der Waals surface area (Å²) in [6.07, 6.45) is 5.63. The topological polar surface area (TPSA) is 15.3 Å². The Morgan fingerprint density at radius 3 is 2.57 bits per heavy atom. The fourth-order valence-electron chi connectivity index (χ4n) is 4.51. The molecular weight excluding hydrogens is 256 g/mol. The molecule has 0 spiro atoms. The summed E-state index contributed by atoms with van der Waals surface area (Å²) < 4.78 is 0. The maximum atomic E-state index is 3.65. The number of hydrogen-bond acceptors (Lipinski definition) is 2. The van der Waals surface area contributed by atoms with Crippen LogP contribution < -0.4 is 5.32 Å². The predicted octanol–water partition coefficient (Wildman–Crippen LogP) is 3.81. The van der Waals surface area contributed by atoms with Crippen molar-refractivity contribution < 1.29 is 0 Å². The first-order chi connectivity index (χ1) is 10.2. The first-order valence-electron chi connectivity index (χ1n) is 8.71. The van der Waals surface area contributed by atoms with Crippen LogP contribution in [0.25, 0.3) is 0 Å². The van der Waals surface area contributed by atoms with Crippen molar-refractivity contribution in [1.29, 1.82) is 0 Å². The molecule has 2 aliphatic rings. The first-order valence-corrected chi connectivity index (χ1v) is 8.71. The molecule has 2 nitrogen and oxygen atoms in total. The molecule has 0 aromatic heterocycles. The maximum Gasteiger partial charge on any atom is 0.0240 e. The van der Waals surface area contributed by atoms with Gasteiger partial charge >= 0.3 is 0 Å². The lowest BCUT2D eigenvalue weighted by atomic mass is 9.69. The zero-order valence-corrected chi connectivity index (χ0v) is 13.7. The van der Waals surface area contributed by atoms with E-state index in [1.807, 2.05) is 0 Å². The van der Waals surface area contributed by atoms with Crippen molar-refractivity contribution in [2.24, 2.45) is 11.3 Å². The summed E-state index contributed by atoms with van der Waals surface area (Å²) in [5.41, 5.74) is 3.58. The van der Waals surface area contributed by atoms with Crippen molar-refractivity contribution in [3.05, 3.63) is 35.4 Å². The van der Waals surface area contributed by atoms with Crippen LogP contribution in [-0.4, -0.2) is 24.5 Å². The number of benzene rings is 1. The van der Waals surface area contributed by atoms with Gasteiger partial charge in [-0.25, -0.2) is 0 Å². The molecule has 2 heteroatoms. The number of hydrogen-bond donors (Lipinski definition) is 1. The van der Waals surface area contributed by atoms with Crippen LogP contribution in [0.1, 0.15) is 50.7 Å². The van der Waals surface area contributed by atoms with Gasteiger partial charge in [-0.15, -0.1) is 0 Å². The van der Waals surface area contributed by atoms with E-state index in [1.165, 1.54) is 38.8 Å². The Balaban J connectivity index is 1.68. The monoisotopic (exact) mass is 286 g/mol. The second-order valence-corrected chi connectivity index (χ2v) is 7.40. The van der Waals surface area contributed by atoms with Crippen molar-refractivity contribution in [3.63, 3.8) is 0 Å². The summed E-state index contributed by atoms with van der Waals surface area (Å²) in [5, 5.41) is 3.65. The molecule has 116 valence electrons. The van der Waals surface area contributed by atoms with Crippen molar-refractivity contribution >= 4 is 0 Å². The van der Waals surface area contributed by atoms with E-state index in [0.717, 1.165) is 25.6 Å². The number of rotatable bonds is 5. The molecule has 0 amide bonds. The molecule has 1 aliphatic heterocycles. The van der Waals surface area contributed by atoms with Gasteiger partial charge in [0.05, 0.1) is 0 Å². The third kappa shape index (κ3) is 3.49. The van der Waals surface area contributed by atoms with E-state index in [9.17, 15) is 0 Å². The van der Waals surface area contributed by atoms with Gasteiger partial charge in [-0.2, -0.15) is 0 Å². The second-order valence-electron chi connectivity index (χ2n) is 7.40. The molecule has 1 aromatic rings. The lowest BCUT2D eigenvalue weighted by Gasteiger charge is -2.43. The normalized spacial score (nSPS) is 29.5. The maximum absolute atomic E-state index is 3.65. The van der Waals surface area contributed by atoms with Crippen molar-refractivity contribution in [2.45, 2.75) is 52.6 Å². The van der Waals surface area contributed by atoms with Crippen molar-refractivity contribution in [2.75, 3.05) is 19.6 Å². The van der Waals surface area contributed by atoms with E-state index >= 15 is 0 Å². The molecule has 1 aromatic carbocycles. The average Bonchev–Trinajstić information content (AvgIpc) is 2.87. The fourth-order valence-corrected chi connectivity index (χ4v) is 4.51. The highest BCUT2D eigenvalue weighted by Crippen LogP contribution is 2.41. The van der Waals surface area contributed by atoms with Gasteiger partial charge in [0, 0.05) is 26.2 Å². The van der Waals surface area contributed by atoms with Gasteiger partial charge in [0.15, 0.2) is 0 Å². The van der Waals surface area contributed by atoms with Gasteiger partial charge in [-0.3, -0.25) is 4.90 Å². The summed E-state index contributed by atoms with van der Waals surface area (Å²) in [6.45, 7) is 10.5. The molecule has 21 heavy (non-hydrogen) atoms.